The molecule has 1 aromatic rings. The van der Waals surface area contributed by atoms with Crippen molar-refractivity contribution in [3.63, 3.8) is 0 Å². The molecule has 1 aliphatic heterocycles. The van der Waals surface area contributed by atoms with E-state index in [4.69, 9.17) is 9.47 Å². The minimum absolute atomic E-state index is 0.0673. The Kier molecular flexibility index (Phi) is 4.76. The van der Waals surface area contributed by atoms with Gasteiger partial charge < -0.3 is 9.47 Å². The molecular formula is C17H18BrFO2. The molecule has 2 atom stereocenters. The third-order valence-electron chi connectivity index (χ3n) is 3.83. The van der Waals surface area contributed by atoms with Crippen LogP contribution in [0.4, 0.5) is 4.39 Å². The summed E-state index contributed by atoms with van der Waals surface area (Å²) >= 11 is 3.28. The van der Waals surface area contributed by atoms with Gasteiger partial charge >= 0.3 is 0 Å². The maximum absolute atomic E-state index is 14.0. The molecule has 2 aliphatic rings. The van der Waals surface area contributed by atoms with Crippen LogP contribution in [0.15, 0.2) is 46.7 Å². The van der Waals surface area contributed by atoms with Crippen molar-refractivity contribution in [1.82, 2.24) is 0 Å². The lowest BCUT2D eigenvalue weighted by atomic mass is 9.92. The molecule has 0 spiro atoms. The first-order chi connectivity index (χ1) is 10.2. The van der Waals surface area contributed by atoms with Crippen LogP contribution in [-0.4, -0.2) is 12.9 Å². The van der Waals surface area contributed by atoms with Crippen molar-refractivity contribution in [3.8, 4) is 0 Å². The molecule has 0 radical (unpaired) electrons. The molecule has 2 nitrogen and oxygen atoms in total. The number of hydrogen-bond acceptors (Lipinski definition) is 2. The summed E-state index contributed by atoms with van der Waals surface area (Å²) in [5.41, 5.74) is 0.721. The lowest BCUT2D eigenvalue weighted by molar-refractivity contribution is -0.136. The lowest BCUT2D eigenvalue weighted by Gasteiger charge is -2.25. The smallest absolute Gasteiger partial charge is 0.199 e. The minimum atomic E-state index is -0.174. The van der Waals surface area contributed by atoms with E-state index in [1.54, 1.807) is 0 Å². The first-order valence-corrected chi connectivity index (χ1v) is 8.13. The predicted octanol–water partition coefficient (Wildman–Crippen LogP) is 5.06. The highest BCUT2D eigenvalue weighted by Crippen LogP contribution is 2.31. The Morgan fingerprint density at radius 1 is 1.29 bits per heavy atom. The Balaban J connectivity index is 1.62. The fourth-order valence-corrected chi connectivity index (χ4v) is 3.01. The Morgan fingerprint density at radius 2 is 2.19 bits per heavy atom. The molecule has 0 aromatic heterocycles. The van der Waals surface area contributed by atoms with E-state index in [2.05, 4.69) is 15.9 Å². The number of hydrogen-bond donors (Lipinski definition) is 0. The SMILES string of the molecule is Fc1cc(Br)ccc1C1C=CC(OC2CCCCO2)=CC1. The minimum Gasteiger partial charge on any atom is -0.465 e. The number of ether oxygens (including phenoxy) is 2. The van der Waals surface area contributed by atoms with Crippen molar-refractivity contribution in [1.29, 1.82) is 0 Å². The van der Waals surface area contributed by atoms with Gasteiger partial charge in [-0.05, 0) is 49.1 Å². The summed E-state index contributed by atoms with van der Waals surface area (Å²) in [4.78, 5) is 0. The molecule has 2 unspecified atom stereocenters. The van der Waals surface area contributed by atoms with Crippen LogP contribution in [-0.2, 0) is 9.47 Å². The fourth-order valence-electron chi connectivity index (χ4n) is 2.68. The molecule has 21 heavy (non-hydrogen) atoms. The number of benzene rings is 1. The second kappa shape index (κ2) is 6.75. The van der Waals surface area contributed by atoms with Crippen molar-refractivity contribution in [2.24, 2.45) is 0 Å². The average molecular weight is 353 g/mol. The molecule has 1 fully saturated rings. The Hall–Kier alpha value is -1.13. The monoisotopic (exact) mass is 352 g/mol. The highest BCUT2D eigenvalue weighted by Gasteiger charge is 2.19. The van der Waals surface area contributed by atoms with Crippen LogP contribution in [0.5, 0.6) is 0 Å². The van der Waals surface area contributed by atoms with E-state index < -0.39 is 0 Å². The van der Waals surface area contributed by atoms with Crippen molar-refractivity contribution in [2.75, 3.05) is 6.61 Å². The maximum atomic E-state index is 14.0. The Bertz CT molecular complexity index is 562. The molecule has 1 saturated heterocycles. The highest BCUT2D eigenvalue weighted by molar-refractivity contribution is 9.10. The summed E-state index contributed by atoms with van der Waals surface area (Å²) < 4.78 is 26.1. The van der Waals surface area contributed by atoms with Gasteiger partial charge in [-0.15, -0.1) is 0 Å². The largest absolute Gasteiger partial charge is 0.465 e. The molecule has 1 heterocycles. The van der Waals surface area contributed by atoms with Crippen molar-refractivity contribution < 1.29 is 13.9 Å². The normalized spacial score (nSPS) is 25.5. The van der Waals surface area contributed by atoms with Crippen LogP contribution >= 0.6 is 15.9 Å². The van der Waals surface area contributed by atoms with E-state index >= 15 is 0 Å². The summed E-state index contributed by atoms with van der Waals surface area (Å²) in [5.74, 6) is 0.723. The predicted molar refractivity (Wildman–Crippen MR) is 83.4 cm³/mol. The summed E-state index contributed by atoms with van der Waals surface area (Å²) in [7, 11) is 0. The summed E-state index contributed by atoms with van der Waals surface area (Å²) in [6.45, 7) is 0.772. The third-order valence-corrected chi connectivity index (χ3v) is 4.33. The second-order valence-corrected chi connectivity index (χ2v) is 6.30. The molecular weight excluding hydrogens is 335 g/mol. The third kappa shape index (κ3) is 3.74. The quantitative estimate of drug-likeness (QED) is 0.756. The van der Waals surface area contributed by atoms with Crippen LogP contribution in [0.3, 0.4) is 0 Å². The molecule has 1 aliphatic carbocycles. The zero-order valence-corrected chi connectivity index (χ0v) is 13.3. The molecule has 0 saturated carbocycles. The Labute approximate surface area is 132 Å². The standard InChI is InChI=1S/C17H18BrFO2/c18-13-6-9-15(16(19)11-13)12-4-7-14(8-5-12)21-17-3-1-2-10-20-17/h4,6-9,11-12,17H,1-3,5,10H2. The van der Waals surface area contributed by atoms with Gasteiger partial charge in [0.05, 0.1) is 6.61 Å². The van der Waals surface area contributed by atoms with Gasteiger partial charge in [0, 0.05) is 16.8 Å². The highest BCUT2D eigenvalue weighted by atomic mass is 79.9. The summed E-state index contributed by atoms with van der Waals surface area (Å²) in [5, 5.41) is 0. The summed E-state index contributed by atoms with van der Waals surface area (Å²) in [6.07, 6.45) is 9.76. The van der Waals surface area contributed by atoms with E-state index in [1.807, 2.05) is 30.4 Å². The zero-order valence-electron chi connectivity index (χ0n) is 11.7. The van der Waals surface area contributed by atoms with Crippen LogP contribution in [0.1, 0.15) is 37.2 Å². The molecule has 3 rings (SSSR count). The van der Waals surface area contributed by atoms with Gasteiger partial charge in [0.25, 0.3) is 0 Å². The van der Waals surface area contributed by atoms with E-state index in [9.17, 15) is 4.39 Å². The molecule has 112 valence electrons. The fraction of sp³-hybridized carbons (Fsp3) is 0.412. The van der Waals surface area contributed by atoms with Crippen molar-refractivity contribution in [2.45, 2.75) is 37.9 Å². The van der Waals surface area contributed by atoms with Crippen LogP contribution in [0, 0.1) is 5.82 Å². The Morgan fingerprint density at radius 3 is 2.86 bits per heavy atom. The second-order valence-electron chi connectivity index (χ2n) is 5.39. The first-order valence-electron chi connectivity index (χ1n) is 7.34. The van der Waals surface area contributed by atoms with E-state index in [-0.39, 0.29) is 18.0 Å². The number of rotatable bonds is 3. The van der Waals surface area contributed by atoms with Gasteiger partial charge in [-0.1, -0.05) is 28.1 Å². The molecule has 4 heteroatoms. The number of allylic oxidation sites excluding steroid dienone is 3. The summed E-state index contributed by atoms with van der Waals surface area (Å²) in [6, 6.07) is 5.21. The number of halogens is 2. The zero-order chi connectivity index (χ0) is 14.7. The van der Waals surface area contributed by atoms with Gasteiger partial charge in [0.15, 0.2) is 6.29 Å². The van der Waals surface area contributed by atoms with Gasteiger partial charge in [-0.25, -0.2) is 4.39 Å². The molecule has 1 aromatic carbocycles. The van der Waals surface area contributed by atoms with E-state index in [1.165, 1.54) is 6.07 Å². The van der Waals surface area contributed by atoms with Gasteiger partial charge in [-0.2, -0.15) is 0 Å². The average Bonchev–Trinajstić information content (AvgIpc) is 2.49. The van der Waals surface area contributed by atoms with Gasteiger partial charge in [0.1, 0.15) is 11.6 Å². The van der Waals surface area contributed by atoms with Crippen LogP contribution < -0.4 is 0 Å². The maximum Gasteiger partial charge on any atom is 0.199 e. The van der Waals surface area contributed by atoms with Crippen LogP contribution in [0.2, 0.25) is 0 Å². The lowest BCUT2D eigenvalue weighted by Crippen LogP contribution is -2.22. The first kappa shape index (κ1) is 14.8. The molecule has 0 amide bonds. The topological polar surface area (TPSA) is 18.5 Å². The van der Waals surface area contributed by atoms with Crippen molar-refractivity contribution >= 4 is 15.9 Å². The van der Waals surface area contributed by atoms with Gasteiger partial charge in [0.2, 0.25) is 0 Å². The molecule has 0 N–H and O–H groups in total. The van der Waals surface area contributed by atoms with Crippen LogP contribution in [0.25, 0.3) is 0 Å². The molecule has 0 bridgehead atoms. The van der Waals surface area contributed by atoms with E-state index in [0.29, 0.717) is 0 Å². The van der Waals surface area contributed by atoms with Gasteiger partial charge in [-0.3, -0.25) is 0 Å². The van der Waals surface area contributed by atoms with E-state index in [0.717, 1.165) is 48.1 Å². The van der Waals surface area contributed by atoms with Crippen molar-refractivity contribution in [3.05, 3.63) is 58.0 Å².